The average Bonchev–Trinajstić information content (AvgIpc) is 2.38. The van der Waals surface area contributed by atoms with Gasteiger partial charge in [0.2, 0.25) is 0 Å². The first-order valence-electron chi connectivity index (χ1n) is 6.02. The predicted molar refractivity (Wildman–Crippen MR) is 63.5 cm³/mol. The van der Waals surface area contributed by atoms with Gasteiger partial charge in [0.25, 0.3) is 0 Å². The Hall–Kier alpha value is -0.280. The van der Waals surface area contributed by atoms with E-state index in [9.17, 15) is 0 Å². The maximum absolute atomic E-state index is 8.59. The fourth-order valence-electron chi connectivity index (χ4n) is 1.14. The Morgan fingerprint density at radius 2 is 1.11 bits per heavy atom. The molecule has 0 rings (SSSR count). The topological polar surface area (TPSA) is 97.6 Å². The molecule has 0 aromatic heterocycles. The lowest BCUT2D eigenvalue weighted by atomic mass is 10.4. The summed E-state index contributed by atoms with van der Waals surface area (Å²) in [5.41, 5.74) is 0. The van der Waals surface area contributed by atoms with Crippen LogP contribution in [0.1, 0.15) is 0 Å². The molecule has 0 aliphatic rings. The molecule has 0 aromatic carbocycles. The van der Waals surface area contributed by atoms with Gasteiger partial charge in [0.05, 0.1) is 66.1 Å². The minimum Gasteiger partial charge on any atom is -0.394 e. The van der Waals surface area contributed by atoms with Crippen molar-refractivity contribution >= 4 is 0 Å². The van der Waals surface area contributed by atoms with E-state index in [1.165, 1.54) is 0 Å². The standard InChI is InChI=1S/C11H24O7/c12-1-4-15-7-8-18-11(9-16-5-2-13)10-17-6-3-14/h11-14H,1-10H2. The highest BCUT2D eigenvalue weighted by molar-refractivity contribution is 4.55. The minimum absolute atomic E-state index is 0.0113. The lowest BCUT2D eigenvalue weighted by molar-refractivity contribution is -0.0797. The van der Waals surface area contributed by atoms with Crippen LogP contribution in [0.15, 0.2) is 0 Å². The lowest BCUT2D eigenvalue weighted by Gasteiger charge is -2.18. The quantitative estimate of drug-likeness (QED) is 0.326. The Morgan fingerprint density at radius 1 is 0.611 bits per heavy atom. The fourth-order valence-corrected chi connectivity index (χ4v) is 1.14. The highest BCUT2D eigenvalue weighted by Crippen LogP contribution is 1.96. The molecule has 0 heterocycles. The summed E-state index contributed by atoms with van der Waals surface area (Å²) in [6, 6.07) is 0. The van der Waals surface area contributed by atoms with Crippen LogP contribution in [0.2, 0.25) is 0 Å². The predicted octanol–water partition coefficient (Wildman–Crippen LogP) is -1.60. The largest absolute Gasteiger partial charge is 0.394 e. The van der Waals surface area contributed by atoms with Gasteiger partial charge in [0, 0.05) is 0 Å². The van der Waals surface area contributed by atoms with E-state index in [1.54, 1.807) is 0 Å². The first kappa shape index (κ1) is 17.7. The zero-order chi connectivity index (χ0) is 13.5. The van der Waals surface area contributed by atoms with E-state index in [1.807, 2.05) is 0 Å². The molecule has 7 nitrogen and oxygen atoms in total. The molecule has 110 valence electrons. The van der Waals surface area contributed by atoms with Crippen molar-refractivity contribution in [2.45, 2.75) is 6.10 Å². The van der Waals surface area contributed by atoms with Gasteiger partial charge in [-0.15, -0.1) is 0 Å². The normalized spacial score (nSPS) is 11.3. The average molecular weight is 268 g/mol. The van der Waals surface area contributed by atoms with Crippen molar-refractivity contribution in [2.24, 2.45) is 0 Å². The van der Waals surface area contributed by atoms with E-state index in [2.05, 4.69) is 0 Å². The fraction of sp³-hybridized carbons (Fsp3) is 1.00. The van der Waals surface area contributed by atoms with Gasteiger partial charge in [-0.1, -0.05) is 0 Å². The van der Waals surface area contributed by atoms with Crippen LogP contribution in [-0.4, -0.2) is 87.5 Å². The monoisotopic (exact) mass is 268 g/mol. The number of ether oxygens (including phenoxy) is 4. The van der Waals surface area contributed by atoms with Gasteiger partial charge < -0.3 is 34.3 Å². The second-order valence-corrected chi connectivity index (χ2v) is 3.43. The summed E-state index contributed by atoms with van der Waals surface area (Å²) in [4.78, 5) is 0. The molecule has 0 unspecified atom stereocenters. The molecule has 18 heavy (non-hydrogen) atoms. The first-order chi connectivity index (χ1) is 8.85. The summed E-state index contributed by atoms with van der Waals surface area (Å²) in [5, 5.41) is 25.7. The van der Waals surface area contributed by atoms with E-state index in [-0.39, 0.29) is 45.7 Å². The summed E-state index contributed by atoms with van der Waals surface area (Å²) < 4.78 is 20.8. The van der Waals surface area contributed by atoms with E-state index >= 15 is 0 Å². The molecular weight excluding hydrogens is 244 g/mol. The van der Waals surface area contributed by atoms with Crippen molar-refractivity contribution in [1.82, 2.24) is 0 Å². The van der Waals surface area contributed by atoms with Crippen LogP contribution in [0.25, 0.3) is 0 Å². The van der Waals surface area contributed by atoms with Crippen LogP contribution >= 0.6 is 0 Å². The number of hydrogen-bond donors (Lipinski definition) is 3. The van der Waals surface area contributed by atoms with E-state index in [4.69, 9.17) is 34.3 Å². The molecule has 0 spiro atoms. The van der Waals surface area contributed by atoms with Crippen molar-refractivity contribution < 1.29 is 34.3 Å². The molecule has 0 aliphatic carbocycles. The van der Waals surface area contributed by atoms with Crippen LogP contribution in [0.5, 0.6) is 0 Å². The van der Waals surface area contributed by atoms with Gasteiger partial charge in [-0.3, -0.25) is 0 Å². The van der Waals surface area contributed by atoms with Crippen LogP contribution < -0.4 is 0 Å². The van der Waals surface area contributed by atoms with E-state index < -0.39 is 0 Å². The third-order valence-electron chi connectivity index (χ3n) is 1.90. The number of rotatable bonds is 14. The highest BCUT2D eigenvalue weighted by atomic mass is 16.6. The maximum Gasteiger partial charge on any atom is 0.104 e. The molecular formula is C11H24O7. The van der Waals surface area contributed by atoms with Crippen molar-refractivity contribution in [1.29, 1.82) is 0 Å². The summed E-state index contributed by atoms with van der Waals surface area (Å²) in [6.07, 6.45) is -0.263. The van der Waals surface area contributed by atoms with Gasteiger partial charge in [-0.25, -0.2) is 0 Å². The molecule has 7 heteroatoms. The van der Waals surface area contributed by atoms with Gasteiger partial charge in [0.1, 0.15) is 6.10 Å². The SMILES string of the molecule is OCCOCCOC(COCCO)COCCO. The lowest BCUT2D eigenvalue weighted by Crippen LogP contribution is -2.28. The van der Waals surface area contributed by atoms with Crippen LogP contribution in [0.3, 0.4) is 0 Å². The zero-order valence-corrected chi connectivity index (χ0v) is 10.6. The molecule has 3 N–H and O–H groups in total. The van der Waals surface area contributed by atoms with E-state index in [0.29, 0.717) is 26.4 Å². The Kier molecular flexibility index (Phi) is 14.5. The van der Waals surface area contributed by atoms with Crippen molar-refractivity contribution in [3.63, 3.8) is 0 Å². The Bertz CT molecular complexity index is 146. The third kappa shape index (κ3) is 12.2. The Labute approximate surface area is 107 Å². The van der Waals surface area contributed by atoms with Crippen LogP contribution in [-0.2, 0) is 18.9 Å². The molecule has 0 aliphatic heterocycles. The summed E-state index contributed by atoms with van der Waals surface area (Å²) in [5.74, 6) is 0. The van der Waals surface area contributed by atoms with E-state index in [0.717, 1.165) is 0 Å². The number of aliphatic hydroxyl groups is 3. The first-order valence-corrected chi connectivity index (χ1v) is 6.02. The minimum atomic E-state index is -0.263. The second-order valence-electron chi connectivity index (χ2n) is 3.43. The molecule has 0 saturated heterocycles. The third-order valence-corrected chi connectivity index (χ3v) is 1.90. The van der Waals surface area contributed by atoms with Crippen molar-refractivity contribution in [3.05, 3.63) is 0 Å². The zero-order valence-electron chi connectivity index (χ0n) is 10.6. The number of aliphatic hydroxyl groups excluding tert-OH is 3. The van der Waals surface area contributed by atoms with Gasteiger partial charge in [0.15, 0.2) is 0 Å². The van der Waals surface area contributed by atoms with Gasteiger partial charge in [-0.2, -0.15) is 0 Å². The molecule has 0 atom stereocenters. The van der Waals surface area contributed by atoms with Gasteiger partial charge >= 0.3 is 0 Å². The Morgan fingerprint density at radius 3 is 1.61 bits per heavy atom. The molecule has 0 bridgehead atoms. The summed E-state index contributed by atoms with van der Waals surface area (Å²) in [6.45, 7) is 2.08. The van der Waals surface area contributed by atoms with Crippen LogP contribution in [0.4, 0.5) is 0 Å². The Balaban J connectivity index is 3.60. The maximum atomic E-state index is 8.59. The highest BCUT2D eigenvalue weighted by Gasteiger charge is 2.09. The number of hydrogen-bond acceptors (Lipinski definition) is 7. The molecule has 0 fully saturated rings. The second kappa shape index (κ2) is 14.8. The van der Waals surface area contributed by atoms with Crippen molar-refractivity contribution in [2.75, 3.05) is 66.1 Å². The smallest absolute Gasteiger partial charge is 0.104 e. The van der Waals surface area contributed by atoms with Crippen LogP contribution in [0, 0.1) is 0 Å². The molecule has 0 radical (unpaired) electrons. The van der Waals surface area contributed by atoms with Gasteiger partial charge in [-0.05, 0) is 0 Å². The molecule has 0 amide bonds. The molecule has 0 saturated carbocycles. The summed E-state index contributed by atoms with van der Waals surface area (Å²) in [7, 11) is 0. The molecule has 0 aromatic rings. The van der Waals surface area contributed by atoms with Crippen molar-refractivity contribution in [3.8, 4) is 0 Å². The summed E-state index contributed by atoms with van der Waals surface area (Å²) >= 11 is 0.